The third-order valence-electron chi connectivity index (χ3n) is 5.02. The Bertz CT molecular complexity index is 573. The summed E-state index contributed by atoms with van der Waals surface area (Å²) in [5, 5.41) is 3.15. The second kappa shape index (κ2) is 8.78. The molecule has 2 atom stereocenters. The number of rotatable bonds is 5. The first-order valence-electron chi connectivity index (χ1n) is 8.53. The van der Waals surface area contributed by atoms with Gasteiger partial charge in [-0.2, -0.15) is 0 Å². The second-order valence-electron chi connectivity index (χ2n) is 6.57. The molecule has 0 heterocycles. The number of hydrogen-bond donors (Lipinski definition) is 2. The van der Waals surface area contributed by atoms with Crippen LogP contribution in [0.2, 0.25) is 0 Å². The number of nitrogens with zero attached hydrogens (tertiary/aromatic N) is 1. The van der Waals surface area contributed by atoms with Crippen LogP contribution in [0.1, 0.15) is 38.5 Å². The maximum absolute atomic E-state index is 6.07. The third kappa shape index (κ3) is 4.68. The molecule has 2 fully saturated rings. The van der Waals surface area contributed by atoms with E-state index >= 15 is 0 Å². The van der Waals surface area contributed by atoms with Gasteiger partial charge in [0.25, 0.3) is 0 Å². The van der Waals surface area contributed by atoms with Crippen molar-refractivity contribution < 1.29 is 9.47 Å². The maximum atomic E-state index is 6.07. The summed E-state index contributed by atoms with van der Waals surface area (Å²) in [6.45, 7) is 0. The van der Waals surface area contributed by atoms with E-state index in [0.717, 1.165) is 17.5 Å². The SMILES string of the molecule is COc1ccc(NC(N)=NC2CC2C2CCCCC2)cc1OC.I. The van der Waals surface area contributed by atoms with Crippen molar-refractivity contribution in [3.63, 3.8) is 0 Å². The highest BCUT2D eigenvalue weighted by molar-refractivity contribution is 14.0. The van der Waals surface area contributed by atoms with Gasteiger partial charge >= 0.3 is 0 Å². The summed E-state index contributed by atoms with van der Waals surface area (Å²) >= 11 is 0. The van der Waals surface area contributed by atoms with Crippen LogP contribution in [0.25, 0.3) is 0 Å². The van der Waals surface area contributed by atoms with Gasteiger partial charge < -0.3 is 20.5 Å². The van der Waals surface area contributed by atoms with Gasteiger partial charge in [-0.25, -0.2) is 4.99 Å². The predicted molar refractivity (Wildman–Crippen MR) is 109 cm³/mol. The van der Waals surface area contributed by atoms with E-state index in [9.17, 15) is 0 Å². The summed E-state index contributed by atoms with van der Waals surface area (Å²) in [6.07, 6.45) is 8.12. The highest BCUT2D eigenvalue weighted by Gasteiger charge is 2.43. The van der Waals surface area contributed by atoms with Gasteiger partial charge in [-0.15, -0.1) is 24.0 Å². The van der Waals surface area contributed by atoms with Crippen LogP contribution in [0.15, 0.2) is 23.2 Å². The molecule has 0 amide bonds. The van der Waals surface area contributed by atoms with Crippen LogP contribution in [-0.2, 0) is 0 Å². The highest BCUT2D eigenvalue weighted by Crippen LogP contribution is 2.46. The van der Waals surface area contributed by atoms with E-state index in [1.807, 2.05) is 18.2 Å². The summed E-state index contributed by atoms with van der Waals surface area (Å²) < 4.78 is 10.5. The maximum Gasteiger partial charge on any atom is 0.193 e. The summed E-state index contributed by atoms with van der Waals surface area (Å²) in [5.74, 6) is 3.48. The Labute approximate surface area is 161 Å². The fourth-order valence-electron chi connectivity index (χ4n) is 3.69. The first-order valence-corrected chi connectivity index (χ1v) is 8.53. The van der Waals surface area contributed by atoms with Crippen molar-refractivity contribution in [2.24, 2.45) is 22.6 Å². The molecular formula is C18H28IN3O2. The van der Waals surface area contributed by atoms with Crippen molar-refractivity contribution in [3.05, 3.63) is 18.2 Å². The van der Waals surface area contributed by atoms with Gasteiger partial charge in [0.1, 0.15) is 0 Å². The van der Waals surface area contributed by atoms with E-state index < -0.39 is 0 Å². The van der Waals surface area contributed by atoms with Gasteiger partial charge in [-0.1, -0.05) is 32.1 Å². The van der Waals surface area contributed by atoms with Crippen LogP contribution in [0.4, 0.5) is 5.69 Å². The molecule has 3 rings (SSSR count). The molecule has 0 radical (unpaired) electrons. The fraction of sp³-hybridized carbons (Fsp3) is 0.611. The first kappa shape index (κ1) is 19.1. The Morgan fingerprint density at radius 1 is 1.12 bits per heavy atom. The minimum Gasteiger partial charge on any atom is -0.493 e. The molecule has 3 N–H and O–H groups in total. The molecule has 0 aromatic heterocycles. The molecule has 2 aliphatic carbocycles. The van der Waals surface area contributed by atoms with Gasteiger partial charge in [0.15, 0.2) is 17.5 Å². The summed E-state index contributed by atoms with van der Waals surface area (Å²) in [6, 6.07) is 6.05. The smallest absolute Gasteiger partial charge is 0.193 e. The summed E-state index contributed by atoms with van der Waals surface area (Å²) in [4.78, 5) is 4.65. The number of nitrogens with two attached hydrogens (primary N) is 1. The zero-order valence-corrected chi connectivity index (χ0v) is 16.8. The van der Waals surface area contributed by atoms with Gasteiger partial charge in [-0.05, 0) is 30.4 Å². The lowest BCUT2D eigenvalue weighted by Crippen LogP contribution is -2.23. The molecule has 0 bridgehead atoms. The molecule has 6 heteroatoms. The molecule has 0 aliphatic heterocycles. The number of anilines is 1. The normalized spacial score (nSPS) is 24.0. The average Bonchev–Trinajstić information content (AvgIpc) is 3.34. The Kier molecular flexibility index (Phi) is 7.01. The van der Waals surface area contributed by atoms with Crippen molar-refractivity contribution in [3.8, 4) is 11.5 Å². The fourth-order valence-corrected chi connectivity index (χ4v) is 3.69. The lowest BCUT2D eigenvalue weighted by atomic mass is 9.85. The van der Waals surface area contributed by atoms with Crippen LogP contribution >= 0.6 is 24.0 Å². The number of methoxy groups -OCH3 is 2. The predicted octanol–water partition coefficient (Wildman–Crippen LogP) is 4.02. The lowest BCUT2D eigenvalue weighted by molar-refractivity contribution is 0.318. The van der Waals surface area contributed by atoms with Crippen LogP contribution in [0.3, 0.4) is 0 Å². The van der Waals surface area contributed by atoms with Crippen molar-refractivity contribution in [2.75, 3.05) is 19.5 Å². The number of aliphatic imine (C=N–C) groups is 1. The van der Waals surface area contributed by atoms with E-state index in [4.69, 9.17) is 15.2 Å². The van der Waals surface area contributed by atoms with Gasteiger partial charge in [0.05, 0.1) is 20.3 Å². The lowest BCUT2D eigenvalue weighted by Gasteiger charge is -2.21. The van der Waals surface area contributed by atoms with Crippen molar-refractivity contribution in [1.29, 1.82) is 0 Å². The van der Waals surface area contributed by atoms with E-state index in [0.29, 0.717) is 23.5 Å². The Hall–Kier alpha value is -1.18. The minimum absolute atomic E-state index is 0. The molecule has 2 unspecified atom stereocenters. The van der Waals surface area contributed by atoms with E-state index in [-0.39, 0.29) is 24.0 Å². The molecule has 5 nitrogen and oxygen atoms in total. The zero-order chi connectivity index (χ0) is 16.2. The minimum atomic E-state index is 0. The number of guanidine groups is 1. The van der Waals surface area contributed by atoms with Crippen LogP contribution in [-0.4, -0.2) is 26.2 Å². The monoisotopic (exact) mass is 445 g/mol. The van der Waals surface area contributed by atoms with Gasteiger partial charge in [-0.3, -0.25) is 0 Å². The molecule has 0 saturated heterocycles. The third-order valence-corrected chi connectivity index (χ3v) is 5.02. The average molecular weight is 445 g/mol. The zero-order valence-electron chi connectivity index (χ0n) is 14.5. The van der Waals surface area contributed by atoms with Crippen molar-refractivity contribution in [1.82, 2.24) is 0 Å². The van der Waals surface area contributed by atoms with Crippen molar-refractivity contribution in [2.45, 2.75) is 44.6 Å². The first-order chi connectivity index (χ1) is 11.2. The Balaban J connectivity index is 0.00000208. The van der Waals surface area contributed by atoms with Gasteiger partial charge in [0, 0.05) is 11.8 Å². The Morgan fingerprint density at radius 2 is 1.83 bits per heavy atom. The van der Waals surface area contributed by atoms with Crippen LogP contribution in [0.5, 0.6) is 11.5 Å². The second-order valence-corrected chi connectivity index (χ2v) is 6.57. The van der Waals surface area contributed by atoms with Gasteiger partial charge in [0.2, 0.25) is 0 Å². The standard InChI is InChI=1S/C18H27N3O2.HI/c1-22-16-9-8-13(10-17(16)23-2)20-18(19)21-15-11-14(15)12-6-4-3-5-7-12;/h8-10,12,14-15H,3-7,11H2,1-2H3,(H3,19,20,21);1H. The van der Waals surface area contributed by atoms with Crippen LogP contribution in [0, 0.1) is 11.8 Å². The van der Waals surface area contributed by atoms with E-state index in [1.54, 1.807) is 14.2 Å². The molecule has 134 valence electrons. The molecule has 1 aromatic rings. The largest absolute Gasteiger partial charge is 0.493 e. The number of benzene rings is 1. The van der Waals surface area contributed by atoms with E-state index in [1.165, 1.54) is 38.5 Å². The molecule has 1 aromatic carbocycles. The highest BCUT2D eigenvalue weighted by atomic mass is 127. The van der Waals surface area contributed by atoms with Crippen molar-refractivity contribution >= 4 is 35.6 Å². The van der Waals surface area contributed by atoms with E-state index in [2.05, 4.69) is 10.3 Å². The Morgan fingerprint density at radius 3 is 2.50 bits per heavy atom. The topological polar surface area (TPSA) is 68.9 Å². The number of halogens is 1. The molecule has 2 saturated carbocycles. The number of ether oxygens (including phenoxy) is 2. The number of nitrogens with one attached hydrogen (secondary N) is 1. The number of hydrogen-bond acceptors (Lipinski definition) is 3. The summed E-state index contributed by atoms with van der Waals surface area (Å²) in [7, 11) is 3.25. The summed E-state index contributed by atoms with van der Waals surface area (Å²) in [5.41, 5.74) is 6.93. The molecular weight excluding hydrogens is 417 g/mol. The molecule has 2 aliphatic rings. The van der Waals surface area contributed by atoms with Crippen LogP contribution < -0.4 is 20.5 Å². The molecule has 0 spiro atoms. The molecule has 24 heavy (non-hydrogen) atoms. The quantitative estimate of drug-likeness (QED) is 0.408.